The maximum atomic E-state index is 8.00. The summed E-state index contributed by atoms with van der Waals surface area (Å²) in [6.45, 7) is 15.1. The van der Waals surface area contributed by atoms with Crippen LogP contribution in [0.2, 0.25) is 0 Å². The number of hydrogen-bond acceptors (Lipinski definition) is 7. The molecular formula is C23H36N4O3. The second kappa shape index (κ2) is 18.1. The van der Waals surface area contributed by atoms with E-state index in [4.69, 9.17) is 20.2 Å². The van der Waals surface area contributed by atoms with Gasteiger partial charge in [-0.3, -0.25) is 15.7 Å². The normalized spacial score (nSPS) is 14.5. The van der Waals surface area contributed by atoms with E-state index in [1.807, 2.05) is 26.7 Å². The van der Waals surface area contributed by atoms with Crippen LogP contribution < -0.4 is 11.3 Å². The van der Waals surface area contributed by atoms with Gasteiger partial charge in [0.2, 0.25) is 0 Å². The number of ether oxygens (including phenoxy) is 1. The molecule has 7 heteroatoms. The number of allylic oxidation sites excluding steroid dienone is 4. The molecule has 0 saturated carbocycles. The van der Waals surface area contributed by atoms with Crippen LogP contribution in [-0.2, 0) is 14.3 Å². The molecule has 0 aromatic rings. The van der Waals surface area contributed by atoms with Crippen LogP contribution in [-0.4, -0.2) is 51.4 Å². The quantitative estimate of drug-likeness (QED) is 0.376. The van der Waals surface area contributed by atoms with E-state index in [0.717, 1.165) is 36.4 Å². The van der Waals surface area contributed by atoms with Crippen molar-refractivity contribution in [3.05, 3.63) is 59.0 Å². The van der Waals surface area contributed by atoms with Crippen molar-refractivity contribution in [2.45, 2.75) is 39.7 Å². The van der Waals surface area contributed by atoms with Gasteiger partial charge in [0.05, 0.1) is 25.1 Å². The monoisotopic (exact) mass is 416 g/mol. The van der Waals surface area contributed by atoms with Crippen LogP contribution in [0.1, 0.15) is 33.6 Å². The summed E-state index contributed by atoms with van der Waals surface area (Å²) in [7, 11) is 3.76. The molecule has 1 aliphatic carbocycles. The van der Waals surface area contributed by atoms with Crippen molar-refractivity contribution in [1.82, 2.24) is 10.3 Å². The first-order valence-electron chi connectivity index (χ1n) is 9.45. The van der Waals surface area contributed by atoms with Gasteiger partial charge in [0, 0.05) is 30.5 Å². The molecule has 1 unspecified atom stereocenters. The van der Waals surface area contributed by atoms with Gasteiger partial charge >= 0.3 is 0 Å². The van der Waals surface area contributed by atoms with Gasteiger partial charge in [-0.2, -0.15) is 0 Å². The highest BCUT2D eigenvalue weighted by atomic mass is 16.5. The lowest BCUT2D eigenvalue weighted by Crippen LogP contribution is -2.44. The minimum absolute atomic E-state index is 0.175. The van der Waals surface area contributed by atoms with E-state index in [9.17, 15) is 0 Å². The van der Waals surface area contributed by atoms with Crippen LogP contribution in [0.15, 0.2) is 64.0 Å². The third-order valence-corrected chi connectivity index (χ3v) is 4.25. The summed E-state index contributed by atoms with van der Waals surface area (Å²) in [5, 5.41) is 0. The van der Waals surface area contributed by atoms with Crippen molar-refractivity contribution in [2.24, 2.45) is 16.8 Å². The fraction of sp³-hybridized carbons (Fsp3) is 0.435. The van der Waals surface area contributed by atoms with Crippen LogP contribution in [0.3, 0.4) is 0 Å². The van der Waals surface area contributed by atoms with E-state index in [0.29, 0.717) is 5.92 Å². The Labute approximate surface area is 181 Å². The maximum absolute atomic E-state index is 8.00. The third kappa shape index (κ3) is 11.8. The molecule has 166 valence electrons. The van der Waals surface area contributed by atoms with Crippen molar-refractivity contribution in [2.75, 3.05) is 20.7 Å². The highest BCUT2D eigenvalue weighted by molar-refractivity contribution is 5.79. The molecule has 30 heavy (non-hydrogen) atoms. The summed E-state index contributed by atoms with van der Waals surface area (Å²) in [5.74, 6) is 6.96. The summed E-state index contributed by atoms with van der Waals surface area (Å²) >= 11 is 0. The lowest BCUT2D eigenvalue weighted by molar-refractivity contribution is -0.0987. The summed E-state index contributed by atoms with van der Waals surface area (Å²) in [5.41, 5.74) is 11.8. The second-order valence-corrected chi connectivity index (χ2v) is 6.83. The van der Waals surface area contributed by atoms with Gasteiger partial charge in [-0.15, -0.1) is 0 Å². The molecule has 2 aliphatic rings. The molecule has 0 saturated heterocycles. The number of carbonyl (C=O) groups excluding carboxylic acids is 2. The van der Waals surface area contributed by atoms with Crippen LogP contribution >= 0.6 is 0 Å². The Morgan fingerprint density at radius 1 is 1.30 bits per heavy atom. The zero-order valence-electron chi connectivity index (χ0n) is 18.9. The van der Waals surface area contributed by atoms with Crippen molar-refractivity contribution in [3.63, 3.8) is 0 Å². The van der Waals surface area contributed by atoms with Crippen LogP contribution in [0.4, 0.5) is 0 Å². The molecule has 2 rings (SSSR count). The smallest absolute Gasteiger partial charge is 0.106 e. The Morgan fingerprint density at radius 3 is 2.33 bits per heavy atom. The number of nitrogens with zero attached hydrogens (tertiary/aromatic N) is 2. The molecule has 1 heterocycles. The second-order valence-electron chi connectivity index (χ2n) is 6.83. The lowest BCUT2D eigenvalue weighted by Gasteiger charge is -2.32. The van der Waals surface area contributed by atoms with E-state index >= 15 is 0 Å². The Morgan fingerprint density at radius 2 is 1.93 bits per heavy atom. The Kier molecular flexibility index (Phi) is 17.7. The van der Waals surface area contributed by atoms with Gasteiger partial charge < -0.3 is 19.8 Å². The largest absolute Gasteiger partial charge is 0.501 e. The highest BCUT2D eigenvalue weighted by Gasteiger charge is 2.21. The number of hydrogen-bond donors (Lipinski definition) is 2. The molecular weight excluding hydrogens is 380 g/mol. The number of hydrazine groups is 1. The van der Waals surface area contributed by atoms with Crippen molar-refractivity contribution >= 4 is 19.8 Å². The van der Waals surface area contributed by atoms with Gasteiger partial charge in [0.1, 0.15) is 13.6 Å². The van der Waals surface area contributed by atoms with E-state index < -0.39 is 0 Å². The average molecular weight is 417 g/mol. The molecule has 0 aromatic heterocycles. The van der Waals surface area contributed by atoms with E-state index in [1.54, 1.807) is 19.5 Å². The third-order valence-electron chi connectivity index (χ3n) is 4.25. The Hall–Kier alpha value is -2.95. The predicted octanol–water partition coefficient (Wildman–Crippen LogP) is 3.09. The molecule has 0 amide bonds. The molecule has 3 N–H and O–H groups in total. The zero-order valence-corrected chi connectivity index (χ0v) is 18.9. The first-order valence-corrected chi connectivity index (χ1v) is 9.45. The molecule has 0 spiro atoms. The Bertz CT molecular complexity index is 708. The fourth-order valence-electron chi connectivity index (χ4n) is 2.92. The maximum Gasteiger partial charge on any atom is 0.106 e. The molecule has 0 aromatic carbocycles. The van der Waals surface area contributed by atoms with Crippen LogP contribution in [0, 0.1) is 5.92 Å². The van der Waals surface area contributed by atoms with Gasteiger partial charge in [0.15, 0.2) is 0 Å². The van der Waals surface area contributed by atoms with Crippen molar-refractivity contribution in [1.29, 1.82) is 0 Å². The van der Waals surface area contributed by atoms with E-state index in [1.165, 1.54) is 5.57 Å². The Balaban J connectivity index is 0. The molecule has 7 nitrogen and oxygen atoms in total. The van der Waals surface area contributed by atoms with Crippen LogP contribution in [0.25, 0.3) is 0 Å². The van der Waals surface area contributed by atoms with Gasteiger partial charge in [-0.25, -0.2) is 0 Å². The van der Waals surface area contributed by atoms with E-state index in [2.05, 4.69) is 60.2 Å². The summed E-state index contributed by atoms with van der Waals surface area (Å²) < 4.78 is 5.06. The van der Waals surface area contributed by atoms with Crippen LogP contribution in [0.5, 0.6) is 0 Å². The highest BCUT2D eigenvalue weighted by Crippen LogP contribution is 2.17. The molecule has 1 aliphatic heterocycles. The SMILES string of the molecule is C=C(NN)C(C(C)C)N(C)CC1=C=C=CN=C1.C=O.C=O.COC1=CC=C(C)CC1. The number of likely N-dealkylation sites (N-methyl/N-ethyl adjacent to an activating group) is 1. The minimum atomic E-state index is 0.175. The molecule has 0 bridgehead atoms. The topological polar surface area (TPSA) is 97.0 Å². The number of methoxy groups -OCH3 is 1. The number of aliphatic imine (C=N–C) groups is 1. The average Bonchev–Trinajstić information content (AvgIpc) is 2.78. The summed E-state index contributed by atoms with van der Waals surface area (Å²) in [4.78, 5) is 22.2. The summed E-state index contributed by atoms with van der Waals surface area (Å²) in [6, 6.07) is 0.175. The fourth-order valence-corrected chi connectivity index (χ4v) is 2.92. The van der Waals surface area contributed by atoms with Gasteiger partial charge in [-0.1, -0.05) is 37.8 Å². The first-order chi connectivity index (χ1) is 14.4. The predicted molar refractivity (Wildman–Crippen MR) is 124 cm³/mol. The minimum Gasteiger partial charge on any atom is -0.501 e. The van der Waals surface area contributed by atoms with Gasteiger partial charge in [0.25, 0.3) is 0 Å². The number of carbonyl (C=O) groups is 2. The lowest BCUT2D eigenvalue weighted by atomic mass is 10.00. The summed E-state index contributed by atoms with van der Waals surface area (Å²) in [6.07, 6.45) is 9.77. The first kappa shape index (κ1) is 29.3. The zero-order chi connectivity index (χ0) is 23.5. The molecule has 0 radical (unpaired) electrons. The van der Waals surface area contributed by atoms with Crippen molar-refractivity contribution in [3.8, 4) is 0 Å². The number of rotatable bonds is 7. The number of nitrogens with one attached hydrogen (secondary N) is 1. The number of nitrogens with two attached hydrogens (primary N) is 1. The molecule has 1 atom stereocenters. The molecule has 0 fully saturated rings. The van der Waals surface area contributed by atoms with E-state index in [-0.39, 0.29) is 6.04 Å². The van der Waals surface area contributed by atoms with Crippen molar-refractivity contribution < 1.29 is 14.3 Å². The van der Waals surface area contributed by atoms with Gasteiger partial charge in [-0.05, 0) is 38.1 Å². The standard InChI is InChI=1S/C13H20N4.C8H12O.2CH2O/c1-10(2)13(11(3)16-14)17(4)9-12-6-5-7-15-8-12;1-7-3-5-8(9-2)6-4-7;2*1-2/h7-8,10,13,16H,3,9,14H2,1-2,4H3;3,5H,4,6H2,1-2H3;2*1H2.